The Balaban J connectivity index is 1.60. The van der Waals surface area contributed by atoms with Crippen molar-refractivity contribution in [2.45, 2.75) is 45.3 Å². The van der Waals surface area contributed by atoms with Crippen LogP contribution in [0.3, 0.4) is 0 Å². The van der Waals surface area contributed by atoms with E-state index in [1.807, 2.05) is 60.7 Å². The molecular formula is C27H33N3O2. The van der Waals surface area contributed by atoms with Gasteiger partial charge in [0, 0.05) is 29.9 Å². The van der Waals surface area contributed by atoms with E-state index in [0.29, 0.717) is 11.8 Å². The van der Waals surface area contributed by atoms with E-state index in [-0.39, 0.29) is 18.5 Å². The number of nitrogens with zero attached hydrogens (tertiary/aromatic N) is 2. The van der Waals surface area contributed by atoms with Crippen molar-refractivity contribution >= 4 is 22.5 Å². The highest BCUT2D eigenvalue weighted by atomic mass is 16.3. The predicted octanol–water partition coefficient (Wildman–Crippen LogP) is 5.03. The van der Waals surface area contributed by atoms with Gasteiger partial charge in [0.15, 0.2) is 0 Å². The number of aromatic nitrogens is 1. The quantitative estimate of drug-likeness (QED) is 0.550. The van der Waals surface area contributed by atoms with Gasteiger partial charge in [-0.2, -0.15) is 0 Å². The third kappa shape index (κ3) is 4.84. The minimum atomic E-state index is -0.681. The largest absolute Gasteiger partial charge is 0.387 e. The molecule has 4 unspecified atom stereocenters. The second-order valence-corrected chi connectivity index (χ2v) is 8.85. The molecule has 0 saturated carbocycles. The van der Waals surface area contributed by atoms with Crippen molar-refractivity contribution < 1.29 is 9.90 Å². The molecule has 1 aliphatic heterocycles. The molecule has 2 heterocycles. The smallest absolute Gasteiger partial charge is 0.238 e. The molecule has 4 rings (SSSR count). The molecule has 1 amide bonds. The first-order valence-electron chi connectivity index (χ1n) is 11.7. The molecular weight excluding hydrogens is 398 g/mol. The highest BCUT2D eigenvalue weighted by Crippen LogP contribution is 2.38. The van der Waals surface area contributed by atoms with E-state index in [2.05, 4.69) is 29.0 Å². The summed E-state index contributed by atoms with van der Waals surface area (Å²) in [5.74, 6) is 1.03. The second kappa shape index (κ2) is 10.2. The first kappa shape index (κ1) is 22.4. The molecule has 5 heteroatoms. The van der Waals surface area contributed by atoms with E-state index in [4.69, 9.17) is 0 Å². The standard InChI is InChI=1S/C27H33N3O2/c1-3-19-16-25(27(32)23-14-15-28-24-13-9-8-12-22(23)24)30(17-20(19)4-2)18-26(31)29-21-10-6-5-7-11-21/h5-15,19-20,25,27,32H,3-4,16-18H2,1-2H3,(H,29,31). The number of aliphatic hydroxyl groups excluding tert-OH is 1. The van der Waals surface area contributed by atoms with Crippen molar-refractivity contribution in [3.8, 4) is 0 Å². The van der Waals surface area contributed by atoms with E-state index < -0.39 is 6.10 Å². The lowest BCUT2D eigenvalue weighted by Crippen LogP contribution is -2.52. The average Bonchev–Trinajstić information content (AvgIpc) is 2.83. The number of para-hydroxylation sites is 2. The molecule has 0 bridgehead atoms. The molecule has 1 aromatic heterocycles. The van der Waals surface area contributed by atoms with Gasteiger partial charge in [0.05, 0.1) is 18.2 Å². The van der Waals surface area contributed by atoms with Crippen LogP contribution in [-0.4, -0.2) is 40.0 Å². The zero-order valence-electron chi connectivity index (χ0n) is 18.9. The van der Waals surface area contributed by atoms with E-state index in [0.717, 1.165) is 48.0 Å². The van der Waals surface area contributed by atoms with Gasteiger partial charge in [-0.15, -0.1) is 0 Å². The van der Waals surface area contributed by atoms with Crippen LogP contribution < -0.4 is 5.32 Å². The molecule has 1 fully saturated rings. The summed E-state index contributed by atoms with van der Waals surface area (Å²) < 4.78 is 0. The fourth-order valence-corrected chi connectivity index (χ4v) is 5.20. The highest BCUT2D eigenvalue weighted by molar-refractivity contribution is 5.92. The van der Waals surface area contributed by atoms with Gasteiger partial charge in [-0.25, -0.2) is 0 Å². The Morgan fingerprint density at radius 2 is 1.78 bits per heavy atom. The van der Waals surface area contributed by atoms with E-state index >= 15 is 0 Å². The molecule has 3 aromatic rings. The van der Waals surface area contributed by atoms with Gasteiger partial charge in [-0.3, -0.25) is 14.7 Å². The number of carbonyl (C=O) groups is 1. The lowest BCUT2D eigenvalue weighted by molar-refractivity contribution is -0.120. The zero-order valence-corrected chi connectivity index (χ0v) is 18.9. The summed E-state index contributed by atoms with van der Waals surface area (Å²) in [6, 6.07) is 19.3. The summed E-state index contributed by atoms with van der Waals surface area (Å²) in [5, 5.41) is 15.6. The van der Waals surface area contributed by atoms with E-state index in [9.17, 15) is 9.90 Å². The predicted molar refractivity (Wildman–Crippen MR) is 129 cm³/mol. The van der Waals surface area contributed by atoms with Crippen LogP contribution in [0.4, 0.5) is 5.69 Å². The van der Waals surface area contributed by atoms with Gasteiger partial charge < -0.3 is 10.4 Å². The Morgan fingerprint density at radius 3 is 2.53 bits per heavy atom. The Morgan fingerprint density at radius 1 is 1.06 bits per heavy atom. The Hall–Kier alpha value is -2.76. The van der Waals surface area contributed by atoms with E-state index in [1.165, 1.54) is 0 Å². The zero-order chi connectivity index (χ0) is 22.5. The number of carbonyl (C=O) groups excluding carboxylic acids is 1. The molecule has 1 saturated heterocycles. The van der Waals surface area contributed by atoms with Gasteiger partial charge in [-0.1, -0.05) is 63.1 Å². The number of piperidine rings is 1. The molecule has 1 aliphatic rings. The molecule has 2 N–H and O–H groups in total. The van der Waals surface area contributed by atoms with Crippen molar-refractivity contribution in [3.63, 3.8) is 0 Å². The van der Waals surface area contributed by atoms with Crippen LogP contribution in [0.25, 0.3) is 10.9 Å². The van der Waals surface area contributed by atoms with Crippen molar-refractivity contribution in [2.24, 2.45) is 11.8 Å². The lowest BCUT2D eigenvalue weighted by atomic mass is 9.76. The van der Waals surface area contributed by atoms with Crippen LogP contribution >= 0.6 is 0 Å². The monoisotopic (exact) mass is 431 g/mol. The van der Waals surface area contributed by atoms with Crippen molar-refractivity contribution in [1.82, 2.24) is 9.88 Å². The fraction of sp³-hybridized carbons (Fsp3) is 0.407. The first-order valence-corrected chi connectivity index (χ1v) is 11.7. The van der Waals surface area contributed by atoms with Gasteiger partial charge in [0.1, 0.15) is 0 Å². The van der Waals surface area contributed by atoms with Gasteiger partial charge in [0.2, 0.25) is 5.91 Å². The van der Waals surface area contributed by atoms with Crippen molar-refractivity contribution in [3.05, 3.63) is 72.4 Å². The summed E-state index contributed by atoms with van der Waals surface area (Å²) in [4.78, 5) is 19.5. The summed E-state index contributed by atoms with van der Waals surface area (Å²) in [6.45, 7) is 5.55. The minimum absolute atomic E-state index is 0.0437. The number of nitrogens with one attached hydrogen (secondary N) is 1. The third-order valence-corrected chi connectivity index (χ3v) is 6.97. The number of aliphatic hydroxyl groups is 1. The summed E-state index contributed by atoms with van der Waals surface area (Å²) in [7, 11) is 0. The number of hydrogen-bond acceptors (Lipinski definition) is 4. The van der Waals surface area contributed by atoms with Gasteiger partial charge in [-0.05, 0) is 48.1 Å². The van der Waals surface area contributed by atoms with Crippen LogP contribution in [0.5, 0.6) is 0 Å². The Kier molecular flexibility index (Phi) is 7.18. The molecule has 0 radical (unpaired) electrons. The van der Waals surface area contributed by atoms with Crippen molar-refractivity contribution in [1.29, 1.82) is 0 Å². The van der Waals surface area contributed by atoms with Gasteiger partial charge >= 0.3 is 0 Å². The molecule has 4 atom stereocenters. The minimum Gasteiger partial charge on any atom is -0.387 e. The number of benzene rings is 2. The first-order chi connectivity index (χ1) is 15.6. The summed E-state index contributed by atoms with van der Waals surface area (Å²) in [6.07, 6.45) is 4.13. The lowest BCUT2D eigenvalue weighted by Gasteiger charge is -2.45. The normalized spacial score (nSPS) is 22.5. The van der Waals surface area contributed by atoms with Crippen LogP contribution in [0.2, 0.25) is 0 Å². The number of amides is 1. The van der Waals surface area contributed by atoms with Crippen molar-refractivity contribution in [2.75, 3.05) is 18.4 Å². The molecule has 2 aromatic carbocycles. The number of fused-ring (bicyclic) bond motifs is 1. The number of pyridine rings is 1. The molecule has 32 heavy (non-hydrogen) atoms. The summed E-state index contributed by atoms with van der Waals surface area (Å²) in [5.41, 5.74) is 2.57. The maximum atomic E-state index is 12.9. The van der Waals surface area contributed by atoms with Crippen LogP contribution in [0, 0.1) is 11.8 Å². The van der Waals surface area contributed by atoms with Crippen LogP contribution in [0.15, 0.2) is 66.9 Å². The molecule has 168 valence electrons. The van der Waals surface area contributed by atoms with Gasteiger partial charge in [0.25, 0.3) is 0 Å². The Bertz CT molecular complexity index is 1030. The molecule has 5 nitrogen and oxygen atoms in total. The Labute approximate surface area is 190 Å². The average molecular weight is 432 g/mol. The van der Waals surface area contributed by atoms with Crippen LogP contribution in [0.1, 0.15) is 44.8 Å². The number of hydrogen-bond donors (Lipinski definition) is 2. The SMILES string of the molecule is CCC1CC(C(O)c2ccnc3ccccc23)N(CC(=O)Nc2ccccc2)CC1CC. The number of likely N-dealkylation sites (tertiary alicyclic amines) is 1. The van der Waals surface area contributed by atoms with Crippen LogP contribution in [-0.2, 0) is 4.79 Å². The highest BCUT2D eigenvalue weighted by Gasteiger charge is 2.39. The second-order valence-electron chi connectivity index (χ2n) is 8.85. The number of anilines is 1. The number of rotatable bonds is 7. The maximum absolute atomic E-state index is 12.9. The van der Waals surface area contributed by atoms with E-state index in [1.54, 1.807) is 6.20 Å². The maximum Gasteiger partial charge on any atom is 0.238 e. The third-order valence-electron chi connectivity index (χ3n) is 6.97. The summed E-state index contributed by atoms with van der Waals surface area (Å²) >= 11 is 0. The topological polar surface area (TPSA) is 65.5 Å². The molecule has 0 aliphatic carbocycles. The fourth-order valence-electron chi connectivity index (χ4n) is 5.20. The molecule has 0 spiro atoms.